The molecule has 8 rings (SSSR count). The molecule has 6 heterocycles. The molecular weight excluding hydrogens is 754 g/mol. The molecule has 4 aromatic rings. The standard InChI is InChI=1S/C39H46ClN11O4S/c1-47-35-20-29(2-3-34(35)37(46-47)51-17-10-36(52)45-39(51)53)28-6-11-48(12-7-28)25-26-4-13-49(14-5-26)32-18-27(22-41)19-33(21-32)56(54,55)50-15-8-31(9-16-50)44-38-42-23-30(40)24-43-38/h2-3,18-21,23-24,26,28,31H,4-17,25H2,1H3,(H,42,43,44)(H,45,52,53). The molecule has 4 aliphatic heterocycles. The Morgan fingerprint density at radius 1 is 0.929 bits per heavy atom. The van der Waals surface area contributed by atoms with E-state index in [1.54, 1.807) is 11.0 Å². The Balaban J connectivity index is 0.835. The van der Waals surface area contributed by atoms with Crippen molar-refractivity contribution in [3.63, 3.8) is 0 Å². The zero-order valence-electron chi connectivity index (χ0n) is 31.4. The van der Waals surface area contributed by atoms with Crippen molar-refractivity contribution in [3.8, 4) is 6.07 Å². The minimum atomic E-state index is -3.79. The monoisotopic (exact) mass is 799 g/mol. The Hall–Kier alpha value is -4.82. The number of nitrogens with one attached hydrogen (secondary N) is 2. The molecule has 2 aromatic heterocycles. The van der Waals surface area contributed by atoms with Crippen molar-refractivity contribution in [1.82, 2.24) is 34.3 Å². The Morgan fingerprint density at radius 2 is 1.66 bits per heavy atom. The number of nitrogens with zero attached hydrogens (tertiary/aromatic N) is 9. The summed E-state index contributed by atoms with van der Waals surface area (Å²) in [6, 6.07) is 13.3. The average Bonchev–Trinajstić information content (AvgIpc) is 3.54. The van der Waals surface area contributed by atoms with Crippen molar-refractivity contribution in [2.45, 2.75) is 61.8 Å². The number of hydrogen-bond acceptors (Lipinski definition) is 11. The highest BCUT2D eigenvalue weighted by molar-refractivity contribution is 7.89. The molecule has 294 valence electrons. The lowest BCUT2D eigenvalue weighted by Gasteiger charge is -2.38. The highest BCUT2D eigenvalue weighted by Crippen LogP contribution is 2.35. The van der Waals surface area contributed by atoms with Gasteiger partial charge >= 0.3 is 6.03 Å². The number of fused-ring (bicyclic) bond motifs is 1. The van der Waals surface area contributed by atoms with Crippen LogP contribution < -0.4 is 20.4 Å². The first-order valence-electron chi connectivity index (χ1n) is 19.4. The summed E-state index contributed by atoms with van der Waals surface area (Å²) in [5.41, 5.74) is 3.38. The van der Waals surface area contributed by atoms with E-state index in [1.807, 2.05) is 17.8 Å². The summed E-state index contributed by atoms with van der Waals surface area (Å²) in [6.07, 6.45) is 8.65. The lowest BCUT2D eigenvalue weighted by molar-refractivity contribution is -0.120. The van der Waals surface area contributed by atoms with Crippen LogP contribution in [0.5, 0.6) is 0 Å². The van der Waals surface area contributed by atoms with Crippen molar-refractivity contribution in [2.75, 3.05) is 67.5 Å². The van der Waals surface area contributed by atoms with E-state index >= 15 is 0 Å². The van der Waals surface area contributed by atoms with Gasteiger partial charge in [0.05, 0.1) is 39.5 Å². The summed E-state index contributed by atoms with van der Waals surface area (Å²) in [7, 11) is -1.90. The number of hydrogen-bond donors (Lipinski definition) is 2. The van der Waals surface area contributed by atoms with E-state index in [-0.39, 0.29) is 23.3 Å². The fourth-order valence-corrected chi connectivity index (χ4v) is 10.2. The minimum absolute atomic E-state index is 0.0426. The molecule has 2 N–H and O–H groups in total. The molecule has 4 aliphatic rings. The molecule has 2 aromatic carbocycles. The van der Waals surface area contributed by atoms with E-state index in [0.717, 1.165) is 75.0 Å². The third-order valence-corrected chi connectivity index (χ3v) is 13.9. The second-order valence-electron chi connectivity index (χ2n) is 15.4. The number of rotatable bonds is 9. The number of likely N-dealkylation sites (tertiary alicyclic amines) is 1. The Kier molecular flexibility index (Phi) is 10.9. The molecule has 0 aliphatic carbocycles. The van der Waals surface area contributed by atoms with E-state index in [9.17, 15) is 23.3 Å². The van der Waals surface area contributed by atoms with Crippen LogP contribution in [0.25, 0.3) is 10.9 Å². The summed E-state index contributed by atoms with van der Waals surface area (Å²) >= 11 is 5.90. The Morgan fingerprint density at radius 3 is 2.36 bits per heavy atom. The SMILES string of the molecule is Cn1nc(N2CCC(=O)NC2=O)c2ccc(C3CCN(CC4CCN(c5cc(C#N)cc(S(=O)(=O)N6CCC(Nc7ncc(Cl)cn7)CC6)c5)CC4)CC3)cc21. The molecule has 0 unspecified atom stereocenters. The molecule has 15 nitrogen and oxygen atoms in total. The smallest absolute Gasteiger partial charge is 0.329 e. The third kappa shape index (κ3) is 8.04. The van der Waals surface area contributed by atoms with Crippen molar-refractivity contribution in [1.29, 1.82) is 5.26 Å². The highest BCUT2D eigenvalue weighted by Gasteiger charge is 2.32. The van der Waals surface area contributed by atoms with Crippen LogP contribution in [0.2, 0.25) is 5.02 Å². The number of anilines is 3. The first kappa shape index (κ1) is 38.1. The normalized spacial score (nSPS) is 20.0. The number of sulfonamides is 1. The van der Waals surface area contributed by atoms with E-state index in [0.29, 0.717) is 66.7 Å². The number of carbonyl (C=O) groups excluding carboxylic acids is 2. The van der Waals surface area contributed by atoms with Crippen LogP contribution in [0.4, 0.5) is 22.2 Å². The van der Waals surface area contributed by atoms with Crippen LogP contribution >= 0.6 is 11.6 Å². The van der Waals surface area contributed by atoms with Gasteiger partial charge in [0, 0.05) is 69.9 Å². The summed E-state index contributed by atoms with van der Waals surface area (Å²) in [5, 5.41) is 21.5. The summed E-state index contributed by atoms with van der Waals surface area (Å²) < 4.78 is 31.0. The Bertz CT molecular complexity index is 2250. The largest absolute Gasteiger partial charge is 0.371 e. The number of benzene rings is 2. The van der Waals surface area contributed by atoms with Crippen LogP contribution in [0.15, 0.2) is 53.7 Å². The molecule has 3 amide bonds. The van der Waals surface area contributed by atoms with Crippen molar-refractivity contribution in [3.05, 3.63) is 64.9 Å². The number of carbonyl (C=O) groups is 2. The highest BCUT2D eigenvalue weighted by atomic mass is 35.5. The van der Waals surface area contributed by atoms with Gasteiger partial charge in [-0.05, 0) is 99.3 Å². The number of nitriles is 1. The van der Waals surface area contributed by atoms with E-state index < -0.39 is 16.1 Å². The topological polar surface area (TPSA) is 173 Å². The number of aryl methyl sites for hydroxylation is 1. The zero-order chi connectivity index (χ0) is 39.0. The van der Waals surface area contributed by atoms with Gasteiger partial charge in [-0.2, -0.15) is 14.7 Å². The molecule has 0 atom stereocenters. The maximum Gasteiger partial charge on any atom is 0.329 e. The molecule has 4 fully saturated rings. The Labute approximate surface area is 331 Å². The fourth-order valence-electron chi connectivity index (χ4n) is 8.60. The van der Waals surface area contributed by atoms with Gasteiger partial charge in [0.2, 0.25) is 21.9 Å². The number of imide groups is 1. The second kappa shape index (κ2) is 16.0. The number of urea groups is 1. The minimum Gasteiger partial charge on any atom is -0.371 e. The number of amides is 3. The van der Waals surface area contributed by atoms with Gasteiger partial charge in [0.15, 0.2) is 5.82 Å². The predicted octanol–water partition coefficient (Wildman–Crippen LogP) is 4.70. The van der Waals surface area contributed by atoms with Gasteiger partial charge in [-0.15, -0.1) is 0 Å². The number of piperidine rings is 3. The van der Waals surface area contributed by atoms with Crippen LogP contribution in [-0.4, -0.2) is 108 Å². The maximum atomic E-state index is 13.8. The van der Waals surface area contributed by atoms with Crippen LogP contribution in [0, 0.1) is 17.2 Å². The summed E-state index contributed by atoms with van der Waals surface area (Å²) in [6.45, 7) is 5.73. The lowest BCUT2D eigenvalue weighted by atomic mass is 9.88. The molecule has 0 bridgehead atoms. The number of aromatic nitrogens is 4. The van der Waals surface area contributed by atoms with E-state index in [2.05, 4.69) is 59.8 Å². The van der Waals surface area contributed by atoms with Crippen LogP contribution in [-0.2, 0) is 21.9 Å². The molecule has 0 radical (unpaired) electrons. The van der Waals surface area contributed by atoms with Gasteiger partial charge in [-0.3, -0.25) is 19.7 Å². The summed E-state index contributed by atoms with van der Waals surface area (Å²) in [4.78, 5) is 39.1. The van der Waals surface area contributed by atoms with Crippen molar-refractivity contribution in [2.24, 2.45) is 13.0 Å². The van der Waals surface area contributed by atoms with Crippen LogP contribution in [0.3, 0.4) is 0 Å². The quantitative estimate of drug-likeness (QED) is 0.241. The lowest BCUT2D eigenvalue weighted by Crippen LogP contribution is -2.49. The van der Waals surface area contributed by atoms with Crippen LogP contribution in [0.1, 0.15) is 62.0 Å². The van der Waals surface area contributed by atoms with Gasteiger partial charge < -0.3 is 15.1 Å². The molecular formula is C39H46ClN11O4S. The predicted molar refractivity (Wildman–Crippen MR) is 213 cm³/mol. The van der Waals surface area contributed by atoms with Gasteiger partial charge in [0.1, 0.15) is 0 Å². The third-order valence-electron chi connectivity index (χ3n) is 11.8. The zero-order valence-corrected chi connectivity index (χ0v) is 33.0. The van der Waals surface area contributed by atoms with Gasteiger partial charge in [-0.1, -0.05) is 17.7 Å². The molecule has 17 heteroatoms. The van der Waals surface area contributed by atoms with E-state index in [4.69, 9.17) is 11.6 Å². The van der Waals surface area contributed by atoms with Crippen molar-refractivity contribution < 1.29 is 18.0 Å². The van der Waals surface area contributed by atoms with E-state index in [1.165, 1.54) is 28.3 Å². The second-order valence-corrected chi connectivity index (χ2v) is 17.7. The molecule has 4 saturated heterocycles. The first-order chi connectivity index (χ1) is 27.0. The van der Waals surface area contributed by atoms with Gasteiger partial charge in [-0.25, -0.2) is 23.2 Å². The van der Waals surface area contributed by atoms with Crippen molar-refractivity contribution >= 4 is 61.9 Å². The first-order valence-corrected chi connectivity index (χ1v) is 21.2. The molecule has 56 heavy (non-hydrogen) atoms. The summed E-state index contributed by atoms with van der Waals surface area (Å²) in [5.74, 6) is 1.77. The average molecular weight is 800 g/mol. The molecule has 0 spiro atoms. The maximum absolute atomic E-state index is 13.8. The van der Waals surface area contributed by atoms with Gasteiger partial charge in [0.25, 0.3) is 0 Å². The number of halogens is 1. The fraction of sp³-hybridized carbons (Fsp3) is 0.487. The molecule has 0 saturated carbocycles.